The number of nitrogens with one attached hydrogen (secondary N) is 1. The van der Waals surface area contributed by atoms with Crippen molar-refractivity contribution >= 4 is 35.2 Å². The quantitative estimate of drug-likeness (QED) is 0.478. The maximum Gasteiger partial charge on any atom is 0.282 e. The van der Waals surface area contributed by atoms with E-state index in [1.54, 1.807) is 12.1 Å². The number of amides is 2. The number of carbonyl (C=O) groups excluding carboxylic acids is 2. The first-order chi connectivity index (χ1) is 14.5. The fourth-order valence-corrected chi connectivity index (χ4v) is 3.15. The average molecular weight is 427 g/mol. The minimum Gasteiger partial charge on any atom is -0.494 e. The maximum absolute atomic E-state index is 13.4. The van der Waals surface area contributed by atoms with Crippen LogP contribution in [0.2, 0.25) is 5.02 Å². The normalized spacial score (nSPS) is 15.0. The van der Waals surface area contributed by atoms with Gasteiger partial charge >= 0.3 is 0 Å². The van der Waals surface area contributed by atoms with E-state index in [2.05, 4.69) is 5.43 Å². The van der Waals surface area contributed by atoms with Crippen LogP contribution in [0.15, 0.2) is 64.6 Å². The van der Waals surface area contributed by atoms with Crippen LogP contribution < -0.4 is 15.2 Å². The van der Waals surface area contributed by atoms with Crippen molar-refractivity contribution in [2.45, 2.75) is 6.92 Å². The molecule has 152 valence electrons. The molecule has 1 aliphatic rings. The number of halogens is 2. The van der Waals surface area contributed by atoms with Crippen molar-refractivity contribution in [2.24, 2.45) is 0 Å². The Bertz CT molecular complexity index is 1150. The maximum atomic E-state index is 13.4. The van der Waals surface area contributed by atoms with E-state index in [0.717, 1.165) is 22.4 Å². The van der Waals surface area contributed by atoms with Gasteiger partial charge in [-0.25, -0.2) is 9.40 Å². The summed E-state index contributed by atoms with van der Waals surface area (Å²) in [7, 11) is 0. The zero-order valence-corrected chi connectivity index (χ0v) is 16.6. The van der Waals surface area contributed by atoms with E-state index < -0.39 is 17.6 Å². The molecule has 1 aromatic heterocycles. The zero-order chi connectivity index (χ0) is 21.3. The summed E-state index contributed by atoms with van der Waals surface area (Å²) in [4.78, 5) is 25.0. The van der Waals surface area contributed by atoms with Gasteiger partial charge in [0.15, 0.2) is 0 Å². The van der Waals surface area contributed by atoms with Crippen LogP contribution >= 0.6 is 11.6 Å². The Morgan fingerprint density at radius 1 is 1.13 bits per heavy atom. The Hall–Kier alpha value is -3.58. The summed E-state index contributed by atoms with van der Waals surface area (Å²) in [5.41, 5.74) is 3.40. The predicted molar refractivity (Wildman–Crippen MR) is 110 cm³/mol. The zero-order valence-electron chi connectivity index (χ0n) is 15.8. The van der Waals surface area contributed by atoms with Crippen molar-refractivity contribution in [1.29, 1.82) is 0 Å². The van der Waals surface area contributed by atoms with E-state index >= 15 is 0 Å². The van der Waals surface area contributed by atoms with Crippen LogP contribution in [0.3, 0.4) is 0 Å². The molecule has 0 spiro atoms. The highest BCUT2D eigenvalue weighted by atomic mass is 35.5. The van der Waals surface area contributed by atoms with Crippen LogP contribution in [0.5, 0.6) is 5.75 Å². The van der Waals surface area contributed by atoms with Gasteiger partial charge < -0.3 is 9.15 Å². The molecule has 1 aliphatic heterocycles. The highest BCUT2D eigenvalue weighted by molar-refractivity contribution is 6.33. The van der Waals surface area contributed by atoms with Gasteiger partial charge in [-0.05, 0) is 67.6 Å². The lowest BCUT2D eigenvalue weighted by atomic mass is 10.2. The van der Waals surface area contributed by atoms with Crippen LogP contribution in [-0.2, 0) is 9.59 Å². The first kappa shape index (κ1) is 19.7. The fourth-order valence-electron chi connectivity index (χ4n) is 2.97. The summed E-state index contributed by atoms with van der Waals surface area (Å²) >= 11 is 5.77. The third kappa shape index (κ3) is 3.79. The summed E-state index contributed by atoms with van der Waals surface area (Å²) in [6.07, 6.45) is 1.36. The van der Waals surface area contributed by atoms with Crippen molar-refractivity contribution < 1.29 is 23.1 Å². The molecule has 8 heteroatoms. The number of anilines is 1. The Morgan fingerprint density at radius 2 is 1.90 bits per heavy atom. The number of nitrogens with zero attached hydrogens (tertiary/aromatic N) is 1. The Labute approximate surface area is 176 Å². The molecule has 30 heavy (non-hydrogen) atoms. The number of furan rings is 1. The first-order valence-corrected chi connectivity index (χ1v) is 9.49. The number of hydrogen-bond donors (Lipinski definition) is 1. The molecule has 3 aromatic rings. The SMILES string of the molecule is CCOc1ccc(-c2ccc(/C=C3\C(=O)NN(c4ccc(F)c(Cl)c4)C3=O)o2)cc1. The van der Waals surface area contributed by atoms with Crippen LogP contribution in [0.4, 0.5) is 10.1 Å². The lowest BCUT2D eigenvalue weighted by molar-refractivity contribution is -0.117. The molecule has 0 bridgehead atoms. The van der Waals surface area contributed by atoms with Gasteiger partial charge in [-0.15, -0.1) is 0 Å². The summed E-state index contributed by atoms with van der Waals surface area (Å²) < 4.78 is 24.6. The van der Waals surface area contributed by atoms with E-state index in [4.69, 9.17) is 20.8 Å². The molecule has 4 rings (SSSR count). The molecule has 6 nitrogen and oxygen atoms in total. The van der Waals surface area contributed by atoms with Crippen LogP contribution in [0.25, 0.3) is 17.4 Å². The first-order valence-electron chi connectivity index (χ1n) is 9.11. The number of rotatable bonds is 5. The summed E-state index contributed by atoms with van der Waals surface area (Å²) in [6.45, 7) is 2.49. The monoisotopic (exact) mass is 426 g/mol. The van der Waals surface area contributed by atoms with Crippen molar-refractivity contribution in [3.8, 4) is 17.1 Å². The Morgan fingerprint density at radius 3 is 2.60 bits per heavy atom. The lowest BCUT2D eigenvalue weighted by Crippen LogP contribution is -2.35. The number of hydrazine groups is 1. The molecule has 2 amide bonds. The topological polar surface area (TPSA) is 71.8 Å². The largest absolute Gasteiger partial charge is 0.494 e. The van der Waals surface area contributed by atoms with Crippen LogP contribution in [0, 0.1) is 5.82 Å². The molecule has 0 radical (unpaired) electrons. The molecular weight excluding hydrogens is 411 g/mol. The average Bonchev–Trinajstić information content (AvgIpc) is 3.31. The van der Waals surface area contributed by atoms with Crippen LogP contribution in [-0.4, -0.2) is 18.4 Å². The van der Waals surface area contributed by atoms with Gasteiger partial charge in [-0.2, -0.15) is 0 Å². The third-order valence-corrected chi connectivity index (χ3v) is 4.71. The molecule has 0 atom stereocenters. The van der Waals surface area contributed by atoms with Gasteiger partial charge in [0.05, 0.1) is 17.3 Å². The van der Waals surface area contributed by atoms with Gasteiger partial charge in [0.2, 0.25) is 0 Å². The minimum atomic E-state index is -0.619. The molecule has 0 unspecified atom stereocenters. The predicted octanol–water partition coefficient (Wildman–Crippen LogP) is 4.60. The molecule has 0 saturated carbocycles. The van der Waals surface area contributed by atoms with Crippen molar-refractivity contribution in [1.82, 2.24) is 5.43 Å². The minimum absolute atomic E-state index is 0.108. The standard InChI is InChI=1S/C22H16ClFN2O4/c1-2-29-15-6-3-13(4-7-15)20-10-8-16(30-20)12-17-21(27)25-26(22(17)28)14-5-9-19(24)18(23)11-14/h3-12H,2H2,1H3,(H,25,27)/b17-12+. The highest BCUT2D eigenvalue weighted by Crippen LogP contribution is 2.28. The summed E-state index contributed by atoms with van der Waals surface area (Å²) in [5.74, 6) is -0.133. The van der Waals surface area contributed by atoms with E-state index in [0.29, 0.717) is 18.1 Å². The van der Waals surface area contributed by atoms with Gasteiger partial charge in [-0.1, -0.05) is 11.6 Å². The molecule has 1 saturated heterocycles. The second kappa shape index (κ2) is 8.04. The number of hydrogen-bond acceptors (Lipinski definition) is 4. The van der Waals surface area contributed by atoms with Gasteiger partial charge in [-0.3, -0.25) is 15.0 Å². The van der Waals surface area contributed by atoms with E-state index in [1.807, 2.05) is 31.2 Å². The van der Waals surface area contributed by atoms with Crippen molar-refractivity contribution in [3.63, 3.8) is 0 Å². The molecular formula is C22H16ClFN2O4. The van der Waals surface area contributed by atoms with E-state index in [-0.39, 0.29) is 16.3 Å². The van der Waals surface area contributed by atoms with E-state index in [9.17, 15) is 14.0 Å². The van der Waals surface area contributed by atoms with Gasteiger partial charge in [0.25, 0.3) is 11.8 Å². The molecule has 0 aliphatic carbocycles. The molecule has 2 aromatic carbocycles. The second-order valence-corrected chi connectivity index (χ2v) is 6.80. The lowest BCUT2D eigenvalue weighted by Gasteiger charge is -2.14. The summed E-state index contributed by atoms with van der Waals surface area (Å²) in [5, 5.41) is 0.855. The fraction of sp³-hybridized carbons (Fsp3) is 0.0909. The van der Waals surface area contributed by atoms with Gasteiger partial charge in [0.1, 0.15) is 28.7 Å². The highest BCUT2D eigenvalue weighted by Gasteiger charge is 2.35. The Kier molecular flexibility index (Phi) is 5.29. The van der Waals surface area contributed by atoms with E-state index in [1.165, 1.54) is 18.2 Å². The second-order valence-electron chi connectivity index (χ2n) is 6.40. The van der Waals surface area contributed by atoms with Gasteiger partial charge in [0, 0.05) is 5.56 Å². The molecule has 2 heterocycles. The summed E-state index contributed by atoms with van der Waals surface area (Å²) in [6, 6.07) is 14.5. The molecule has 1 N–H and O–H groups in total. The number of benzene rings is 2. The van der Waals surface area contributed by atoms with Crippen LogP contribution in [0.1, 0.15) is 12.7 Å². The molecule has 1 fully saturated rings. The smallest absolute Gasteiger partial charge is 0.282 e. The number of carbonyl (C=O) groups is 2. The van der Waals surface area contributed by atoms with Crippen molar-refractivity contribution in [2.75, 3.05) is 11.6 Å². The number of ether oxygens (including phenoxy) is 1. The Balaban J connectivity index is 1.57. The third-order valence-electron chi connectivity index (χ3n) is 4.42. The van der Waals surface area contributed by atoms with Crippen molar-refractivity contribution in [3.05, 3.63) is 76.8 Å².